The highest BCUT2D eigenvalue weighted by molar-refractivity contribution is 9.10. The summed E-state index contributed by atoms with van der Waals surface area (Å²) in [6.07, 6.45) is 0. The monoisotopic (exact) mass is 336 g/mol. The van der Waals surface area contributed by atoms with Crippen LogP contribution >= 0.6 is 27.5 Å². The lowest BCUT2D eigenvalue weighted by molar-refractivity contribution is 0.0961. The Bertz CT molecular complexity index is 580. The number of carbonyl (C=O) groups is 1. The van der Waals surface area contributed by atoms with Gasteiger partial charge in [-0.1, -0.05) is 63.9 Å². The molecule has 2 rings (SSSR count). The molecule has 1 nitrogen and oxygen atoms in total. The van der Waals surface area contributed by atoms with Crippen LogP contribution in [0.25, 0.3) is 11.1 Å². The maximum atomic E-state index is 12.1. The number of rotatable bonds is 3. The summed E-state index contributed by atoms with van der Waals surface area (Å²) in [5.41, 5.74) is 2.86. The van der Waals surface area contributed by atoms with Crippen LogP contribution in [-0.2, 0) is 0 Å². The number of carbonyl (C=O) groups excluding carboxylic acids is 1. The van der Waals surface area contributed by atoms with Crippen molar-refractivity contribution in [3.8, 4) is 11.1 Å². The van der Waals surface area contributed by atoms with E-state index >= 15 is 0 Å². The number of alkyl halides is 1. The lowest BCUT2D eigenvalue weighted by atomic mass is 9.98. The Kier molecular flexibility index (Phi) is 4.12. The van der Waals surface area contributed by atoms with E-state index in [9.17, 15) is 4.79 Å². The SMILES string of the molecule is CC(C)(Br)C(=O)c1ccc(-c2ccc(Cl)cc2)cc1. The van der Waals surface area contributed by atoms with E-state index in [-0.39, 0.29) is 5.78 Å². The molecule has 3 heteroatoms. The molecule has 0 N–H and O–H groups in total. The first-order valence-electron chi connectivity index (χ1n) is 5.97. The predicted octanol–water partition coefficient (Wildman–Crippen LogP) is 5.36. The zero-order valence-electron chi connectivity index (χ0n) is 10.8. The van der Waals surface area contributed by atoms with Gasteiger partial charge in [-0.2, -0.15) is 0 Å². The Labute approximate surface area is 126 Å². The molecule has 0 fully saturated rings. The predicted molar refractivity (Wildman–Crippen MR) is 84.2 cm³/mol. The largest absolute Gasteiger partial charge is 0.293 e. The van der Waals surface area contributed by atoms with Crippen LogP contribution in [0.5, 0.6) is 0 Å². The van der Waals surface area contributed by atoms with Crippen molar-refractivity contribution in [1.82, 2.24) is 0 Å². The van der Waals surface area contributed by atoms with Gasteiger partial charge in [-0.3, -0.25) is 4.79 Å². The highest BCUT2D eigenvalue weighted by atomic mass is 79.9. The summed E-state index contributed by atoms with van der Waals surface area (Å²) in [6.45, 7) is 3.70. The van der Waals surface area contributed by atoms with Crippen molar-refractivity contribution in [2.45, 2.75) is 18.2 Å². The van der Waals surface area contributed by atoms with Gasteiger partial charge in [-0.15, -0.1) is 0 Å². The van der Waals surface area contributed by atoms with Gasteiger partial charge in [0.05, 0.1) is 4.32 Å². The third-order valence-electron chi connectivity index (χ3n) is 2.86. The van der Waals surface area contributed by atoms with Crippen LogP contribution in [0.1, 0.15) is 24.2 Å². The Morgan fingerprint density at radius 3 is 1.79 bits per heavy atom. The van der Waals surface area contributed by atoms with Crippen LogP contribution in [0.3, 0.4) is 0 Å². The summed E-state index contributed by atoms with van der Waals surface area (Å²) >= 11 is 9.25. The Morgan fingerprint density at radius 1 is 0.947 bits per heavy atom. The molecular weight excluding hydrogens is 324 g/mol. The summed E-state index contributed by atoms with van der Waals surface area (Å²) in [7, 11) is 0. The second-order valence-electron chi connectivity index (χ2n) is 4.89. The molecule has 0 heterocycles. The summed E-state index contributed by atoms with van der Waals surface area (Å²) < 4.78 is -0.533. The fourth-order valence-electron chi connectivity index (χ4n) is 1.80. The third-order valence-corrected chi connectivity index (χ3v) is 3.48. The van der Waals surface area contributed by atoms with Gasteiger partial charge in [0, 0.05) is 10.6 Å². The van der Waals surface area contributed by atoms with Crippen LogP contribution < -0.4 is 0 Å². The zero-order valence-corrected chi connectivity index (χ0v) is 13.1. The fraction of sp³-hybridized carbons (Fsp3) is 0.188. The lowest BCUT2D eigenvalue weighted by Gasteiger charge is -2.14. The molecule has 2 aromatic carbocycles. The molecule has 19 heavy (non-hydrogen) atoms. The molecule has 0 atom stereocenters. The first kappa shape index (κ1) is 14.3. The van der Waals surface area contributed by atoms with Crippen molar-refractivity contribution in [3.63, 3.8) is 0 Å². The molecule has 0 saturated heterocycles. The van der Waals surface area contributed by atoms with Gasteiger partial charge in [0.2, 0.25) is 0 Å². The molecule has 0 saturated carbocycles. The second-order valence-corrected chi connectivity index (χ2v) is 7.30. The normalized spacial score (nSPS) is 11.4. The van der Waals surface area contributed by atoms with E-state index in [0.717, 1.165) is 16.1 Å². The van der Waals surface area contributed by atoms with Gasteiger partial charge < -0.3 is 0 Å². The zero-order chi connectivity index (χ0) is 14.0. The lowest BCUT2D eigenvalue weighted by Crippen LogP contribution is -2.23. The highest BCUT2D eigenvalue weighted by Gasteiger charge is 2.24. The van der Waals surface area contributed by atoms with Gasteiger partial charge in [0.15, 0.2) is 5.78 Å². The number of hydrogen-bond donors (Lipinski definition) is 0. The van der Waals surface area contributed by atoms with Gasteiger partial charge in [0.25, 0.3) is 0 Å². The average Bonchev–Trinajstić information content (AvgIpc) is 2.38. The van der Waals surface area contributed by atoms with Gasteiger partial charge in [-0.05, 0) is 37.1 Å². The van der Waals surface area contributed by atoms with Crippen molar-refractivity contribution in [1.29, 1.82) is 0 Å². The maximum Gasteiger partial charge on any atom is 0.178 e. The molecule has 0 bridgehead atoms. The number of hydrogen-bond acceptors (Lipinski definition) is 1. The Morgan fingerprint density at radius 2 is 1.37 bits per heavy atom. The summed E-state index contributed by atoms with van der Waals surface area (Å²) in [5, 5.41) is 0.719. The molecule has 0 aliphatic heterocycles. The highest BCUT2D eigenvalue weighted by Crippen LogP contribution is 2.25. The average molecular weight is 338 g/mol. The number of halogens is 2. The van der Waals surface area contributed by atoms with Gasteiger partial charge in [-0.25, -0.2) is 0 Å². The van der Waals surface area contributed by atoms with E-state index in [4.69, 9.17) is 11.6 Å². The van der Waals surface area contributed by atoms with Gasteiger partial charge >= 0.3 is 0 Å². The first-order valence-corrected chi connectivity index (χ1v) is 7.15. The molecule has 2 aromatic rings. The van der Waals surface area contributed by atoms with Crippen molar-refractivity contribution < 1.29 is 4.79 Å². The smallest absolute Gasteiger partial charge is 0.178 e. The van der Waals surface area contributed by atoms with E-state index in [1.54, 1.807) is 0 Å². The summed E-state index contributed by atoms with van der Waals surface area (Å²) in [5.74, 6) is 0.0788. The number of Topliss-reactive ketones (excluding diaryl/α,β-unsaturated/α-hetero) is 1. The quantitative estimate of drug-likeness (QED) is 0.544. The molecule has 0 radical (unpaired) electrons. The minimum Gasteiger partial charge on any atom is -0.293 e. The van der Waals surface area contributed by atoms with Crippen LogP contribution in [0.15, 0.2) is 48.5 Å². The minimum absolute atomic E-state index is 0.0788. The molecule has 98 valence electrons. The van der Waals surface area contributed by atoms with Crippen LogP contribution in [0.4, 0.5) is 0 Å². The van der Waals surface area contributed by atoms with E-state index in [1.807, 2.05) is 62.4 Å². The number of benzene rings is 2. The second kappa shape index (κ2) is 5.48. The molecule has 0 spiro atoms. The van der Waals surface area contributed by atoms with Crippen LogP contribution in [0.2, 0.25) is 5.02 Å². The maximum absolute atomic E-state index is 12.1. The molecule has 0 aliphatic carbocycles. The molecule has 0 amide bonds. The fourth-order valence-corrected chi connectivity index (χ4v) is 2.15. The molecule has 0 aliphatic rings. The van der Waals surface area contributed by atoms with Crippen LogP contribution in [0, 0.1) is 0 Å². The van der Waals surface area contributed by atoms with E-state index in [1.165, 1.54) is 0 Å². The molecular formula is C16H14BrClO. The van der Waals surface area contributed by atoms with E-state index in [0.29, 0.717) is 5.56 Å². The molecule has 0 aromatic heterocycles. The van der Waals surface area contributed by atoms with E-state index in [2.05, 4.69) is 15.9 Å². The van der Waals surface area contributed by atoms with Crippen molar-refractivity contribution in [3.05, 3.63) is 59.1 Å². The van der Waals surface area contributed by atoms with Crippen LogP contribution in [-0.4, -0.2) is 10.1 Å². The topological polar surface area (TPSA) is 17.1 Å². The number of ketones is 1. The standard InChI is InChI=1S/C16H14BrClO/c1-16(2,17)15(19)13-5-3-11(4-6-13)12-7-9-14(18)10-8-12/h3-10H,1-2H3. The summed E-state index contributed by atoms with van der Waals surface area (Å²) in [4.78, 5) is 12.1. The van der Waals surface area contributed by atoms with E-state index < -0.39 is 4.32 Å². The van der Waals surface area contributed by atoms with Crippen molar-refractivity contribution in [2.75, 3.05) is 0 Å². The first-order chi connectivity index (χ1) is 8.88. The Balaban J connectivity index is 2.28. The Hall–Kier alpha value is -1.12. The summed E-state index contributed by atoms with van der Waals surface area (Å²) in [6, 6.07) is 15.3. The third kappa shape index (κ3) is 3.46. The molecule has 0 unspecified atom stereocenters. The van der Waals surface area contributed by atoms with Crippen molar-refractivity contribution >= 4 is 33.3 Å². The minimum atomic E-state index is -0.533. The van der Waals surface area contributed by atoms with Crippen molar-refractivity contribution in [2.24, 2.45) is 0 Å². The van der Waals surface area contributed by atoms with Gasteiger partial charge in [0.1, 0.15) is 0 Å².